The van der Waals surface area contributed by atoms with E-state index in [1.165, 1.54) is 24.3 Å². The van der Waals surface area contributed by atoms with Crippen LogP contribution in [0.2, 0.25) is 0 Å². The van der Waals surface area contributed by atoms with E-state index in [9.17, 15) is 13.2 Å². The molecule has 0 unspecified atom stereocenters. The van der Waals surface area contributed by atoms with Crippen LogP contribution in [-0.2, 0) is 14.8 Å². The summed E-state index contributed by atoms with van der Waals surface area (Å²) in [6.45, 7) is 1.69. The summed E-state index contributed by atoms with van der Waals surface area (Å²) in [6, 6.07) is 20.2. The zero-order valence-corrected chi connectivity index (χ0v) is 18.0. The number of sulfonamides is 1. The van der Waals surface area contributed by atoms with E-state index in [1.807, 2.05) is 25.1 Å². The minimum Gasteiger partial charge on any atom is -0.484 e. The summed E-state index contributed by atoms with van der Waals surface area (Å²) in [5.41, 5.74) is 2.10. The van der Waals surface area contributed by atoms with Crippen molar-refractivity contribution in [3.63, 3.8) is 0 Å². The van der Waals surface area contributed by atoms with Gasteiger partial charge in [-0.2, -0.15) is 0 Å². The summed E-state index contributed by atoms with van der Waals surface area (Å²) in [7, 11) is -3.71. The molecule has 2 N–H and O–H groups in total. The number of rotatable bonds is 7. The first-order valence-electron chi connectivity index (χ1n) is 8.70. The van der Waals surface area contributed by atoms with Gasteiger partial charge < -0.3 is 10.1 Å². The molecular formula is C21H19BrN2O4S. The maximum atomic E-state index is 12.5. The zero-order valence-electron chi connectivity index (χ0n) is 15.6. The Morgan fingerprint density at radius 1 is 0.966 bits per heavy atom. The van der Waals surface area contributed by atoms with Crippen molar-refractivity contribution in [3.8, 4) is 5.75 Å². The van der Waals surface area contributed by atoms with Gasteiger partial charge in [0.05, 0.1) is 4.90 Å². The fraction of sp³-hybridized carbons (Fsp3) is 0.0952. The molecule has 6 nitrogen and oxygen atoms in total. The Balaban J connectivity index is 1.58. The average molecular weight is 475 g/mol. The maximum Gasteiger partial charge on any atom is 0.262 e. The number of halogens is 1. The molecule has 1 amide bonds. The molecule has 0 aliphatic heterocycles. The molecule has 0 heterocycles. The first kappa shape index (κ1) is 20.9. The van der Waals surface area contributed by atoms with Crippen LogP contribution in [0.15, 0.2) is 82.2 Å². The van der Waals surface area contributed by atoms with Crippen molar-refractivity contribution in [1.29, 1.82) is 0 Å². The quantitative estimate of drug-likeness (QED) is 0.524. The predicted octanol–water partition coefficient (Wildman–Crippen LogP) is 4.58. The molecule has 0 saturated carbocycles. The lowest BCUT2D eigenvalue weighted by atomic mass is 10.2. The van der Waals surface area contributed by atoms with Gasteiger partial charge in [0, 0.05) is 15.8 Å². The van der Waals surface area contributed by atoms with E-state index in [0.29, 0.717) is 17.1 Å². The Hall–Kier alpha value is -2.84. The fourth-order valence-electron chi connectivity index (χ4n) is 2.55. The van der Waals surface area contributed by atoms with E-state index in [1.54, 1.807) is 30.3 Å². The number of hydrogen-bond acceptors (Lipinski definition) is 4. The molecule has 150 valence electrons. The number of carbonyl (C=O) groups is 1. The minimum atomic E-state index is -3.71. The number of amides is 1. The molecule has 0 fully saturated rings. The van der Waals surface area contributed by atoms with E-state index in [4.69, 9.17) is 4.74 Å². The Bertz CT molecular complexity index is 1120. The third-order valence-electron chi connectivity index (χ3n) is 3.88. The molecule has 3 aromatic carbocycles. The number of ether oxygens (including phenoxy) is 1. The maximum absolute atomic E-state index is 12.5. The van der Waals surface area contributed by atoms with Crippen molar-refractivity contribution in [2.24, 2.45) is 0 Å². The Labute approximate surface area is 178 Å². The van der Waals surface area contributed by atoms with Crippen LogP contribution in [-0.4, -0.2) is 20.9 Å². The Kier molecular flexibility index (Phi) is 6.56. The number of anilines is 2. The lowest BCUT2D eigenvalue weighted by Gasteiger charge is -2.10. The Morgan fingerprint density at radius 2 is 1.66 bits per heavy atom. The molecule has 0 saturated heterocycles. The fourth-order valence-corrected chi connectivity index (χ4v) is 4.00. The highest BCUT2D eigenvalue weighted by atomic mass is 79.9. The molecular weight excluding hydrogens is 456 g/mol. The summed E-state index contributed by atoms with van der Waals surface area (Å²) in [4.78, 5) is 12.1. The lowest BCUT2D eigenvalue weighted by Crippen LogP contribution is -2.20. The lowest BCUT2D eigenvalue weighted by molar-refractivity contribution is -0.118. The second-order valence-electron chi connectivity index (χ2n) is 6.29. The van der Waals surface area contributed by atoms with Gasteiger partial charge in [0.15, 0.2) is 6.61 Å². The third kappa shape index (κ3) is 6.07. The van der Waals surface area contributed by atoms with E-state index in [2.05, 4.69) is 26.0 Å². The standard InChI is InChI=1S/C21H19BrN2O4S/c1-15-4-2-7-18(12-15)24-29(26,27)20-10-8-19(9-11-20)28-14-21(25)23-17-6-3-5-16(22)13-17/h2-13,24H,14H2,1H3,(H,23,25). The summed E-state index contributed by atoms with van der Waals surface area (Å²) >= 11 is 3.34. The molecule has 8 heteroatoms. The molecule has 3 rings (SSSR count). The van der Waals surface area contributed by atoms with Gasteiger partial charge in [-0.05, 0) is 67.1 Å². The van der Waals surface area contributed by atoms with Gasteiger partial charge in [-0.25, -0.2) is 8.42 Å². The predicted molar refractivity (Wildman–Crippen MR) is 117 cm³/mol. The number of hydrogen-bond donors (Lipinski definition) is 2. The molecule has 0 aliphatic carbocycles. The highest BCUT2D eigenvalue weighted by Gasteiger charge is 2.14. The largest absolute Gasteiger partial charge is 0.484 e. The van der Waals surface area contributed by atoms with Crippen LogP contribution in [0.25, 0.3) is 0 Å². The highest BCUT2D eigenvalue weighted by molar-refractivity contribution is 9.10. The van der Waals surface area contributed by atoms with E-state index in [-0.39, 0.29) is 17.4 Å². The molecule has 29 heavy (non-hydrogen) atoms. The smallest absolute Gasteiger partial charge is 0.262 e. The topological polar surface area (TPSA) is 84.5 Å². The van der Waals surface area contributed by atoms with Gasteiger partial charge in [0.25, 0.3) is 15.9 Å². The van der Waals surface area contributed by atoms with Crippen LogP contribution >= 0.6 is 15.9 Å². The number of aryl methyl sites for hydroxylation is 1. The zero-order chi connectivity index (χ0) is 20.9. The van der Waals surface area contributed by atoms with Gasteiger partial charge in [0.2, 0.25) is 0 Å². The number of benzene rings is 3. The van der Waals surface area contributed by atoms with Crippen LogP contribution in [0.4, 0.5) is 11.4 Å². The average Bonchev–Trinajstić information content (AvgIpc) is 2.66. The summed E-state index contributed by atoms with van der Waals surface area (Å²) in [5.74, 6) is 0.0739. The minimum absolute atomic E-state index is 0.102. The van der Waals surface area contributed by atoms with E-state index in [0.717, 1.165) is 10.0 Å². The van der Waals surface area contributed by atoms with Gasteiger partial charge in [0.1, 0.15) is 5.75 Å². The SMILES string of the molecule is Cc1cccc(NS(=O)(=O)c2ccc(OCC(=O)Nc3cccc(Br)c3)cc2)c1. The van der Waals surface area contributed by atoms with Crippen molar-refractivity contribution in [1.82, 2.24) is 0 Å². The molecule has 3 aromatic rings. The second kappa shape index (κ2) is 9.11. The first-order valence-corrected chi connectivity index (χ1v) is 11.0. The van der Waals surface area contributed by atoms with E-state index < -0.39 is 10.0 Å². The van der Waals surface area contributed by atoms with Gasteiger partial charge in [-0.15, -0.1) is 0 Å². The summed E-state index contributed by atoms with van der Waals surface area (Å²) < 4.78 is 33.8. The monoisotopic (exact) mass is 474 g/mol. The van der Waals surface area contributed by atoms with Crippen molar-refractivity contribution in [2.75, 3.05) is 16.6 Å². The second-order valence-corrected chi connectivity index (χ2v) is 8.89. The highest BCUT2D eigenvalue weighted by Crippen LogP contribution is 2.20. The third-order valence-corrected chi connectivity index (χ3v) is 5.77. The van der Waals surface area contributed by atoms with Crippen molar-refractivity contribution in [3.05, 3.63) is 82.8 Å². The summed E-state index contributed by atoms with van der Waals surface area (Å²) in [5, 5.41) is 2.72. The molecule has 0 aromatic heterocycles. The van der Waals surface area contributed by atoms with Crippen LogP contribution in [0.1, 0.15) is 5.56 Å². The van der Waals surface area contributed by atoms with Crippen LogP contribution in [0.3, 0.4) is 0 Å². The molecule has 0 radical (unpaired) electrons. The first-order chi connectivity index (χ1) is 13.8. The summed E-state index contributed by atoms with van der Waals surface area (Å²) in [6.07, 6.45) is 0. The van der Waals surface area contributed by atoms with Crippen LogP contribution in [0.5, 0.6) is 5.75 Å². The Morgan fingerprint density at radius 3 is 2.34 bits per heavy atom. The number of nitrogens with one attached hydrogen (secondary N) is 2. The van der Waals surface area contributed by atoms with Crippen molar-refractivity contribution in [2.45, 2.75) is 11.8 Å². The van der Waals surface area contributed by atoms with Crippen molar-refractivity contribution < 1.29 is 17.9 Å². The number of carbonyl (C=O) groups excluding carboxylic acids is 1. The van der Waals surface area contributed by atoms with Gasteiger partial charge in [-0.1, -0.05) is 34.1 Å². The molecule has 0 aliphatic rings. The van der Waals surface area contributed by atoms with E-state index >= 15 is 0 Å². The normalized spacial score (nSPS) is 11.0. The van der Waals surface area contributed by atoms with Crippen LogP contribution in [0, 0.1) is 6.92 Å². The van der Waals surface area contributed by atoms with Crippen molar-refractivity contribution >= 4 is 43.2 Å². The van der Waals surface area contributed by atoms with Gasteiger partial charge in [-0.3, -0.25) is 9.52 Å². The van der Waals surface area contributed by atoms with Gasteiger partial charge >= 0.3 is 0 Å². The molecule has 0 atom stereocenters. The molecule has 0 bridgehead atoms. The molecule has 0 spiro atoms. The van der Waals surface area contributed by atoms with Crippen LogP contribution < -0.4 is 14.8 Å².